The monoisotopic (exact) mass is 218 g/mol. The number of nitrogen functional groups attached to an aromatic ring is 1. The molecule has 16 heavy (non-hydrogen) atoms. The Balaban J connectivity index is 2.07. The number of carbonyl (C=O) groups excluding carboxylic acids is 1. The minimum absolute atomic E-state index is 0.0584. The molecule has 1 unspecified atom stereocenters. The van der Waals surface area contributed by atoms with Crippen molar-refractivity contribution in [2.45, 2.75) is 32.7 Å². The fraction of sp³-hybridized carbons (Fsp3) is 0.462. The van der Waals surface area contributed by atoms with Crippen molar-refractivity contribution in [3.05, 3.63) is 29.3 Å². The number of amides is 1. The summed E-state index contributed by atoms with van der Waals surface area (Å²) in [5.74, 6) is 0.604. The van der Waals surface area contributed by atoms with Gasteiger partial charge in [0, 0.05) is 11.7 Å². The standard InChI is InChI=1S/C13H18N2O/c1-8-3-6-11(12(14)7-8)13(16)15-9(2)10-4-5-10/h3,6-7,9-10H,4-5,14H2,1-2H3,(H,15,16). The second-order valence-electron chi connectivity index (χ2n) is 4.69. The van der Waals surface area contributed by atoms with Crippen LogP contribution in [0.2, 0.25) is 0 Å². The van der Waals surface area contributed by atoms with Gasteiger partial charge < -0.3 is 11.1 Å². The molecule has 3 heteroatoms. The lowest BCUT2D eigenvalue weighted by atomic mass is 10.1. The van der Waals surface area contributed by atoms with Crippen molar-refractivity contribution in [1.82, 2.24) is 5.32 Å². The summed E-state index contributed by atoms with van der Waals surface area (Å²) in [5, 5.41) is 3.00. The van der Waals surface area contributed by atoms with Gasteiger partial charge in [0.2, 0.25) is 0 Å². The zero-order chi connectivity index (χ0) is 11.7. The molecule has 1 atom stereocenters. The van der Waals surface area contributed by atoms with Gasteiger partial charge in [0.25, 0.3) is 5.91 Å². The van der Waals surface area contributed by atoms with Crippen LogP contribution < -0.4 is 11.1 Å². The fourth-order valence-corrected chi connectivity index (χ4v) is 1.89. The first-order chi connectivity index (χ1) is 7.58. The summed E-state index contributed by atoms with van der Waals surface area (Å²) >= 11 is 0. The third-order valence-corrected chi connectivity index (χ3v) is 3.14. The van der Waals surface area contributed by atoms with Crippen molar-refractivity contribution in [1.29, 1.82) is 0 Å². The van der Waals surface area contributed by atoms with Crippen molar-refractivity contribution in [2.24, 2.45) is 5.92 Å². The molecule has 1 aromatic rings. The first-order valence-corrected chi connectivity index (χ1v) is 5.75. The molecule has 0 aliphatic heterocycles. The van der Waals surface area contributed by atoms with Crippen molar-refractivity contribution in [3.8, 4) is 0 Å². The highest BCUT2D eigenvalue weighted by Gasteiger charge is 2.29. The van der Waals surface area contributed by atoms with Crippen LogP contribution in [0, 0.1) is 12.8 Å². The van der Waals surface area contributed by atoms with E-state index in [1.165, 1.54) is 12.8 Å². The Kier molecular flexibility index (Phi) is 2.86. The van der Waals surface area contributed by atoms with Crippen molar-refractivity contribution in [3.63, 3.8) is 0 Å². The summed E-state index contributed by atoms with van der Waals surface area (Å²) in [6, 6.07) is 5.79. The molecule has 86 valence electrons. The molecular weight excluding hydrogens is 200 g/mol. The first-order valence-electron chi connectivity index (χ1n) is 5.75. The number of rotatable bonds is 3. The summed E-state index contributed by atoms with van der Waals surface area (Å²) in [5.41, 5.74) is 8.04. The molecule has 1 saturated carbocycles. The van der Waals surface area contributed by atoms with Crippen LogP contribution in [0.1, 0.15) is 35.7 Å². The first kappa shape index (κ1) is 11.0. The van der Waals surface area contributed by atoms with E-state index in [9.17, 15) is 4.79 Å². The summed E-state index contributed by atoms with van der Waals surface area (Å²) in [7, 11) is 0. The van der Waals surface area contributed by atoms with Crippen LogP contribution in [0.3, 0.4) is 0 Å². The van der Waals surface area contributed by atoms with E-state index in [-0.39, 0.29) is 11.9 Å². The van der Waals surface area contributed by atoms with Crippen LogP contribution in [0.4, 0.5) is 5.69 Å². The third-order valence-electron chi connectivity index (χ3n) is 3.14. The Morgan fingerprint density at radius 3 is 2.75 bits per heavy atom. The molecule has 0 saturated heterocycles. The molecule has 0 radical (unpaired) electrons. The van der Waals surface area contributed by atoms with E-state index in [2.05, 4.69) is 12.2 Å². The predicted octanol–water partition coefficient (Wildman–Crippen LogP) is 2.11. The van der Waals surface area contributed by atoms with Gasteiger partial charge in [-0.05, 0) is 50.3 Å². The topological polar surface area (TPSA) is 55.1 Å². The Bertz CT molecular complexity index is 410. The largest absolute Gasteiger partial charge is 0.398 e. The van der Waals surface area contributed by atoms with Gasteiger partial charge in [0.15, 0.2) is 0 Å². The highest BCUT2D eigenvalue weighted by molar-refractivity contribution is 5.99. The summed E-state index contributed by atoms with van der Waals surface area (Å²) in [6.07, 6.45) is 2.45. The Morgan fingerprint density at radius 2 is 2.19 bits per heavy atom. The van der Waals surface area contributed by atoms with E-state index >= 15 is 0 Å². The highest BCUT2D eigenvalue weighted by atomic mass is 16.1. The maximum Gasteiger partial charge on any atom is 0.253 e. The van der Waals surface area contributed by atoms with Crippen molar-refractivity contribution < 1.29 is 4.79 Å². The van der Waals surface area contributed by atoms with E-state index in [4.69, 9.17) is 5.73 Å². The van der Waals surface area contributed by atoms with Gasteiger partial charge in [-0.15, -0.1) is 0 Å². The maximum absolute atomic E-state index is 11.9. The number of hydrogen-bond donors (Lipinski definition) is 2. The minimum atomic E-state index is -0.0584. The van der Waals surface area contributed by atoms with Gasteiger partial charge in [-0.2, -0.15) is 0 Å². The summed E-state index contributed by atoms with van der Waals surface area (Å²) in [4.78, 5) is 11.9. The Hall–Kier alpha value is -1.51. The van der Waals surface area contributed by atoms with Crippen LogP contribution in [0.15, 0.2) is 18.2 Å². The lowest BCUT2D eigenvalue weighted by Gasteiger charge is -2.14. The average molecular weight is 218 g/mol. The number of nitrogens with one attached hydrogen (secondary N) is 1. The molecule has 1 aromatic carbocycles. The van der Waals surface area contributed by atoms with Gasteiger partial charge in [0.05, 0.1) is 5.56 Å². The predicted molar refractivity (Wildman–Crippen MR) is 65.2 cm³/mol. The molecular formula is C13H18N2O. The quantitative estimate of drug-likeness (QED) is 0.763. The van der Waals surface area contributed by atoms with Gasteiger partial charge in [-0.25, -0.2) is 0 Å². The molecule has 0 aromatic heterocycles. The smallest absolute Gasteiger partial charge is 0.253 e. The number of anilines is 1. The van der Waals surface area contributed by atoms with E-state index in [1.54, 1.807) is 6.07 Å². The normalized spacial score (nSPS) is 16.9. The highest BCUT2D eigenvalue weighted by Crippen LogP contribution is 2.32. The molecule has 0 bridgehead atoms. The van der Waals surface area contributed by atoms with Crippen LogP contribution >= 0.6 is 0 Å². The van der Waals surface area contributed by atoms with Gasteiger partial charge in [-0.3, -0.25) is 4.79 Å². The maximum atomic E-state index is 11.9. The van der Waals surface area contributed by atoms with E-state index in [1.807, 2.05) is 19.1 Å². The van der Waals surface area contributed by atoms with Crippen LogP contribution in [0.5, 0.6) is 0 Å². The zero-order valence-electron chi connectivity index (χ0n) is 9.79. The second-order valence-corrected chi connectivity index (χ2v) is 4.69. The third kappa shape index (κ3) is 2.35. The molecule has 2 rings (SSSR count). The number of nitrogens with two attached hydrogens (primary N) is 1. The molecule has 3 N–H and O–H groups in total. The molecule has 1 aliphatic carbocycles. The number of aryl methyl sites for hydroxylation is 1. The number of hydrogen-bond acceptors (Lipinski definition) is 2. The second kappa shape index (κ2) is 4.16. The fourth-order valence-electron chi connectivity index (χ4n) is 1.89. The van der Waals surface area contributed by atoms with Crippen LogP contribution in [-0.2, 0) is 0 Å². The van der Waals surface area contributed by atoms with Crippen LogP contribution in [0.25, 0.3) is 0 Å². The number of carbonyl (C=O) groups is 1. The molecule has 3 nitrogen and oxygen atoms in total. The molecule has 1 aliphatic rings. The Morgan fingerprint density at radius 1 is 1.50 bits per heavy atom. The molecule has 1 amide bonds. The van der Waals surface area contributed by atoms with Crippen LogP contribution in [-0.4, -0.2) is 11.9 Å². The molecule has 0 heterocycles. The number of benzene rings is 1. The van der Waals surface area contributed by atoms with E-state index in [0.717, 1.165) is 5.56 Å². The van der Waals surface area contributed by atoms with Crippen molar-refractivity contribution in [2.75, 3.05) is 5.73 Å². The van der Waals surface area contributed by atoms with Gasteiger partial charge in [-0.1, -0.05) is 6.07 Å². The minimum Gasteiger partial charge on any atom is -0.398 e. The van der Waals surface area contributed by atoms with E-state index in [0.29, 0.717) is 17.2 Å². The van der Waals surface area contributed by atoms with Gasteiger partial charge in [0.1, 0.15) is 0 Å². The zero-order valence-corrected chi connectivity index (χ0v) is 9.79. The Labute approximate surface area is 96.0 Å². The lowest BCUT2D eigenvalue weighted by molar-refractivity contribution is 0.0937. The SMILES string of the molecule is Cc1ccc(C(=O)NC(C)C2CC2)c(N)c1. The van der Waals surface area contributed by atoms with Gasteiger partial charge >= 0.3 is 0 Å². The molecule has 1 fully saturated rings. The molecule has 0 spiro atoms. The summed E-state index contributed by atoms with van der Waals surface area (Å²) in [6.45, 7) is 4.02. The lowest BCUT2D eigenvalue weighted by Crippen LogP contribution is -2.34. The summed E-state index contributed by atoms with van der Waals surface area (Å²) < 4.78 is 0. The van der Waals surface area contributed by atoms with Crippen molar-refractivity contribution >= 4 is 11.6 Å². The average Bonchev–Trinajstić information content (AvgIpc) is 2.99. The van der Waals surface area contributed by atoms with E-state index < -0.39 is 0 Å².